The Morgan fingerprint density at radius 3 is 2.12 bits per heavy atom. The standard InChI is InChI=1S/C19H25Cl3O4/c1-12(10-19(2,3)4)11-25-16(23)6-5-7-17(24)26-18-14(21)8-13(20)9-15(18)22/h8-9,12H,5-7,10-11H2,1-4H3. The number of ether oxygens (including phenoxy) is 2. The number of benzene rings is 1. The Hall–Kier alpha value is -0.970. The molecule has 1 aromatic carbocycles. The van der Waals surface area contributed by atoms with E-state index < -0.39 is 5.97 Å². The second kappa shape index (κ2) is 10.4. The first-order chi connectivity index (χ1) is 12.0. The topological polar surface area (TPSA) is 52.6 Å². The van der Waals surface area contributed by atoms with Crippen LogP contribution in [0.4, 0.5) is 0 Å². The van der Waals surface area contributed by atoms with Crippen LogP contribution in [0.25, 0.3) is 0 Å². The number of carbonyl (C=O) groups is 2. The van der Waals surface area contributed by atoms with Crippen LogP contribution in [0.3, 0.4) is 0 Å². The molecule has 0 aliphatic carbocycles. The molecule has 0 aliphatic rings. The van der Waals surface area contributed by atoms with E-state index in [4.69, 9.17) is 44.3 Å². The van der Waals surface area contributed by atoms with Gasteiger partial charge in [-0.05, 0) is 36.3 Å². The van der Waals surface area contributed by atoms with Crippen LogP contribution in [-0.4, -0.2) is 18.5 Å². The molecular weight excluding hydrogens is 399 g/mol. The Balaban J connectivity index is 2.33. The van der Waals surface area contributed by atoms with Crippen LogP contribution in [0.2, 0.25) is 15.1 Å². The largest absolute Gasteiger partial charge is 0.465 e. The molecule has 0 N–H and O–H groups in total. The van der Waals surface area contributed by atoms with E-state index in [2.05, 4.69) is 27.7 Å². The lowest BCUT2D eigenvalue weighted by Gasteiger charge is -2.22. The average Bonchev–Trinajstić information content (AvgIpc) is 2.47. The summed E-state index contributed by atoms with van der Waals surface area (Å²) >= 11 is 17.7. The molecule has 1 rings (SSSR count). The van der Waals surface area contributed by atoms with E-state index in [-0.39, 0.29) is 45.9 Å². The van der Waals surface area contributed by atoms with Crippen LogP contribution < -0.4 is 4.74 Å². The number of hydrogen-bond acceptors (Lipinski definition) is 4. The predicted molar refractivity (Wildman–Crippen MR) is 105 cm³/mol. The second-order valence-electron chi connectivity index (χ2n) is 7.58. The summed E-state index contributed by atoms with van der Waals surface area (Å²) in [6, 6.07) is 2.88. The number of carbonyl (C=O) groups excluding carboxylic acids is 2. The van der Waals surface area contributed by atoms with Crippen LogP contribution in [0, 0.1) is 11.3 Å². The van der Waals surface area contributed by atoms with Gasteiger partial charge in [-0.25, -0.2) is 0 Å². The fourth-order valence-electron chi connectivity index (χ4n) is 2.58. The van der Waals surface area contributed by atoms with Crippen molar-refractivity contribution in [2.24, 2.45) is 11.3 Å². The fraction of sp³-hybridized carbons (Fsp3) is 0.579. The summed E-state index contributed by atoms with van der Waals surface area (Å²) in [5.41, 5.74) is 0.194. The lowest BCUT2D eigenvalue weighted by Crippen LogP contribution is -2.18. The average molecular weight is 424 g/mol. The molecule has 7 heteroatoms. The molecule has 0 radical (unpaired) electrons. The second-order valence-corrected chi connectivity index (χ2v) is 8.83. The lowest BCUT2D eigenvalue weighted by atomic mass is 9.86. The molecule has 1 aromatic rings. The molecule has 0 amide bonds. The highest BCUT2D eigenvalue weighted by Gasteiger charge is 2.17. The van der Waals surface area contributed by atoms with Crippen LogP contribution in [-0.2, 0) is 14.3 Å². The Labute approximate surface area is 170 Å². The van der Waals surface area contributed by atoms with Crippen LogP contribution >= 0.6 is 34.8 Å². The van der Waals surface area contributed by atoms with Crippen molar-refractivity contribution in [1.29, 1.82) is 0 Å². The molecule has 0 aromatic heterocycles. The molecule has 0 heterocycles. The molecule has 0 saturated carbocycles. The van der Waals surface area contributed by atoms with Crippen molar-refractivity contribution in [2.75, 3.05) is 6.61 Å². The van der Waals surface area contributed by atoms with E-state index in [0.717, 1.165) is 6.42 Å². The Morgan fingerprint density at radius 2 is 1.58 bits per heavy atom. The zero-order chi connectivity index (χ0) is 19.9. The molecule has 0 spiro atoms. The van der Waals surface area contributed by atoms with E-state index >= 15 is 0 Å². The van der Waals surface area contributed by atoms with Crippen molar-refractivity contribution in [1.82, 2.24) is 0 Å². The highest BCUT2D eigenvalue weighted by Crippen LogP contribution is 2.36. The van der Waals surface area contributed by atoms with Crippen LogP contribution in [0.5, 0.6) is 5.75 Å². The number of rotatable bonds is 8. The Kier molecular flexibility index (Phi) is 9.22. The maximum absolute atomic E-state index is 11.9. The molecule has 26 heavy (non-hydrogen) atoms. The number of esters is 2. The zero-order valence-corrected chi connectivity index (χ0v) is 17.8. The van der Waals surface area contributed by atoms with E-state index in [1.807, 2.05) is 0 Å². The van der Waals surface area contributed by atoms with Gasteiger partial charge < -0.3 is 9.47 Å². The monoisotopic (exact) mass is 422 g/mol. The third-order valence-electron chi connectivity index (χ3n) is 3.43. The molecule has 0 bridgehead atoms. The normalized spacial score (nSPS) is 12.6. The van der Waals surface area contributed by atoms with Crippen molar-refractivity contribution in [3.63, 3.8) is 0 Å². The summed E-state index contributed by atoms with van der Waals surface area (Å²) in [7, 11) is 0. The number of hydrogen-bond donors (Lipinski definition) is 0. The fourth-order valence-corrected chi connectivity index (χ4v) is 3.47. The first-order valence-electron chi connectivity index (χ1n) is 8.49. The number of halogens is 3. The molecule has 0 aliphatic heterocycles. The van der Waals surface area contributed by atoms with Gasteiger partial charge in [0.1, 0.15) is 0 Å². The van der Waals surface area contributed by atoms with Crippen LogP contribution in [0.15, 0.2) is 12.1 Å². The van der Waals surface area contributed by atoms with Gasteiger partial charge in [0, 0.05) is 17.9 Å². The van der Waals surface area contributed by atoms with Gasteiger partial charge in [-0.1, -0.05) is 62.5 Å². The van der Waals surface area contributed by atoms with Gasteiger partial charge in [0.05, 0.1) is 16.7 Å². The molecule has 0 fully saturated rings. The minimum absolute atomic E-state index is 0.0575. The molecule has 4 nitrogen and oxygen atoms in total. The molecule has 1 unspecified atom stereocenters. The first-order valence-corrected chi connectivity index (χ1v) is 9.62. The maximum atomic E-state index is 11.9. The summed E-state index contributed by atoms with van der Waals surface area (Å²) in [5.74, 6) is -0.481. The zero-order valence-electron chi connectivity index (χ0n) is 15.5. The highest BCUT2D eigenvalue weighted by molar-refractivity contribution is 6.40. The van der Waals surface area contributed by atoms with Crippen molar-refractivity contribution in [3.8, 4) is 5.75 Å². The Bertz CT molecular complexity index is 615. The Morgan fingerprint density at radius 1 is 1.04 bits per heavy atom. The third kappa shape index (κ3) is 9.11. The van der Waals surface area contributed by atoms with Crippen molar-refractivity contribution in [2.45, 2.75) is 53.4 Å². The van der Waals surface area contributed by atoms with Gasteiger partial charge in [0.25, 0.3) is 0 Å². The van der Waals surface area contributed by atoms with E-state index in [0.29, 0.717) is 18.1 Å². The quantitative estimate of drug-likeness (QED) is 0.362. The van der Waals surface area contributed by atoms with Gasteiger partial charge in [0.2, 0.25) is 0 Å². The predicted octanol–water partition coefficient (Wildman–Crippen LogP) is 6.34. The van der Waals surface area contributed by atoms with E-state index in [1.54, 1.807) is 0 Å². The summed E-state index contributed by atoms with van der Waals surface area (Å²) in [6.45, 7) is 8.88. The van der Waals surface area contributed by atoms with Crippen LogP contribution in [0.1, 0.15) is 53.4 Å². The van der Waals surface area contributed by atoms with Gasteiger partial charge in [-0.2, -0.15) is 0 Å². The highest BCUT2D eigenvalue weighted by atomic mass is 35.5. The SMILES string of the molecule is CC(COC(=O)CCCC(=O)Oc1c(Cl)cc(Cl)cc1Cl)CC(C)(C)C. The van der Waals surface area contributed by atoms with Gasteiger partial charge in [-0.3, -0.25) is 9.59 Å². The molecule has 146 valence electrons. The first kappa shape index (κ1) is 23.1. The van der Waals surface area contributed by atoms with E-state index in [1.165, 1.54) is 12.1 Å². The van der Waals surface area contributed by atoms with E-state index in [9.17, 15) is 9.59 Å². The van der Waals surface area contributed by atoms with Crippen molar-refractivity contribution < 1.29 is 19.1 Å². The van der Waals surface area contributed by atoms with Gasteiger partial charge in [0.15, 0.2) is 5.75 Å². The summed E-state index contributed by atoms with van der Waals surface area (Å²) < 4.78 is 10.4. The summed E-state index contributed by atoms with van der Waals surface area (Å²) in [5, 5.41) is 0.662. The maximum Gasteiger partial charge on any atom is 0.311 e. The summed E-state index contributed by atoms with van der Waals surface area (Å²) in [4.78, 5) is 23.6. The minimum Gasteiger partial charge on any atom is -0.465 e. The third-order valence-corrected chi connectivity index (χ3v) is 4.21. The van der Waals surface area contributed by atoms with Crippen molar-refractivity contribution >= 4 is 46.7 Å². The van der Waals surface area contributed by atoms with Gasteiger partial charge >= 0.3 is 11.9 Å². The lowest BCUT2D eigenvalue weighted by molar-refractivity contribution is -0.145. The molecular formula is C19H25Cl3O4. The molecule has 1 atom stereocenters. The van der Waals surface area contributed by atoms with Crippen molar-refractivity contribution in [3.05, 3.63) is 27.2 Å². The smallest absolute Gasteiger partial charge is 0.311 e. The minimum atomic E-state index is -0.523. The van der Waals surface area contributed by atoms with Gasteiger partial charge in [-0.15, -0.1) is 0 Å². The molecule has 0 saturated heterocycles. The summed E-state index contributed by atoms with van der Waals surface area (Å²) in [6.07, 6.45) is 1.50.